The molecule has 0 amide bonds. The van der Waals surface area contributed by atoms with E-state index in [0.717, 1.165) is 22.6 Å². The van der Waals surface area contributed by atoms with Crippen LogP contribution in [0.4, 0.5) is 0 Å². The number of hydrogen-bond donors (Lipinski definition) is 0. The van der Waals surface area contributed by atoms with Gasteiger partial charge in [-0.2, -0.15) is 0 Å². The molecule has 0 heterocycles. The Morgan fingerprint density at radius 1 is 1.00 bits per heavy atom. The third-order valence-corrected chi connectivity index (χ3v) is 6.71. The quantitative estimate of drug-likeness (QED) is 0.452. The zero-order valence-corrected chi connectivity index (χ0v) is 16.4. The van der Waals surface area contributed by atoms with Gasteiger partial charge in [0.05, 0.1) is 10.0 Å². The highest BCUT2D eigenvalue weighted by Gasteiger charge is 2.31. The van der Waals surface area contributed by atoms with Crippen LogP contribution in [0.1, 0.15) is 16.7 Å². The second-order valence-electron chi connectivity index (χ2n) is 5.31. The Balaban J connectivity index is 2.45. The lowest BCUT2D eigenvalue weighted by Gasteiger charge is -2.31. The summed E-state index contributed by atoms with van der Waals surface area (Å²) < 4.78 is 0. The van der Waals surface area contributed by atoms with E-state index in [-0.39, 0.29) is 5.41 Å². The van der Waals surface area contributed by atoms with Gasteiger partial charge in [-0.15, -0.1) is 0 Å². The van der Waals surface area contributed by atoms with Gasteiger partial charge in [0.2, 0.25) is 0 Å². The molecule has 0 spiro atoms. The molecule has 0 N–H and O–H groups in total. The summed E-state index contributed by atoms with van der Waals surface area (Å²) in [6.07, 6.45) is 0.826. The summed E-state index contributed by atoms with van der Waals surface area (Å²) in [5.74, 6) is 0. The van der Waals surface area contributed by atoms with Crippen LogP contribution in [0.5, 0.6) is 0 Å². The van der Waals surface area contributed by atoms with Gasteiger partial charge in [-0.3, -0.25) is 0 Å². The van der Waals surface area contributed by atoms with E-state index in [9.17, 15) is 0 Å². The lowest BCUT2D eigenvalue weighted by atomic mass is 9.78. The first-order chi connectivity index (χ1) is 10.0. The molecule has 0 aliphatic rings. The Morgan fingerprint density at radius 3 is 2.29 bits per heavy atom. The topological polar surface area (TPSA) is 0 Å². The van der Waals surface area contributed by atoms with Crippen molar-refractivity contribution in [1.29, 1.82) is 0 Å². The van der Waals surface area contributed by atoms with Crippen molar-refractivity contribution < 1.29 is 0 Å². The molecule has 0 aromatic heterocycles. The summed E-state index contributed by atoms with van der Waals surface area (Å²) in [5.41, 5.74) is 3.58. The summed E-state index contributed by atoms with van der Waals surface area (Å²) >= 11 is 19.9. The van der Waals surface area contributed by atoms with E-state index >= 15 is 0 Å². The van der Waals surface area contributed by atoms with Crippen LogP contribution in [-0.2, 0) is 11.8 Å². The molecule has 0 radical (unpaired) electrons. The van der Waals surface area contributed by atoms with Gasteiger partial charge in [-0.1, -0.05) is 97.0 Å². The van der Waals surface area contributed by atoms with Crippen LogP contribution in [0.15, 0.2) is 42.5 Å². The van der Waals surface area contributed by atoms with Gasteiger partial charge in [0.15, 0.2) is 0 Å². The number of alkyl halides is 2. The zero-order chi connectivity index (χ0) is 15.5. The Labute approximate surface area is 153 Å². The first-order valence-electron chi connectivity index (χ1n) is 6.64. The second-order valence-corrected chi connectivity index (χ2v) is 7.21. The largest absolute Gasteiger partial charge is 0.0918 e. The fraction of sp³-hybridized carbons (Fsp3) is 0.294. The molecular formula is C17H16Br2Cl2. The van der Waals surface area contributed by atoms with E-state index in [4.69, 9.17) is 23.2 Å². The maximum absolute atomic E-state index is 6.37. The molecule has 0 nitrogen and oxygen atoms in total. The summed E-state index contributed by atoms with van der Waals surface area (Å²) in [6, 6.07) is 14.4. The Hall–Kier alpha value is -0.0200. The molecule has 112 valence electrons. The Kier molecular flexibility index (Phi) is 6.19. The van der Waals surface area contributed by atoms with Gasteiger partial charge in [-0.05, 0) is 30.5 Å². The molecule has 0 bridgehead atoms. The number of aryl methyl sites for hydroxylation is 1. The predicted octanol–water partition coefficient (Wildman–Crippen LogP) is 6.57. The van der Waals surface area contributed by atoms with Crippen LogP contribution in [0, 0.1) is 6.92 Å². The number of benzene rings is 2. The molecule has 0 aliphatic carbocycles. The maximum atomic E-state index is 6.37. The minimum atomic E-state index is -0.0552. The van der Waals surface area contributed by atoms with E-state index in [1.807, 2.05) is 18.2 Å². The summed E-state index contributed by atoms with van der Waals surface area (Å²) in [5, 5.41) is 2.95. The predicted molar refractivity (Wildman–Crippen MR) is 101 cm³/mol. The Morgan fingerprint density at radius 2 is 1.67 bits per heavy atom. The lowest BCUT2D eigenvalue weighted by Crippen LogP contribution is -2.33. The number of rotatable bonds is 5. The van der Waals surface area contributed by atoms with Crippen molar-refractivity contribution >= 4 is 55.1 Å². The van der Waals surface area contributed by atoms with E-state index in [0.29, 0.717) is 10.0 Å². The minimum Gasteiger partial charge on any atom is -0.0918 e. The average Bonchev–Trinajstić information content (AvgIpc) is 2.49. The maximum Gasteiger partial charge on any atom is 0.0624 e. The molecule has 0 aliphatic heterocycles. The van der Waals surface area contributed by atoms with E-state index in [1.54, 1.807) is 0 Å². The van der Waals surface area contributed by atoms with Crippen molar-refractivity contribution in [3.8, 4) is 0 Å². The summed E-state index contributed by atoms with van der Waals surface area (Å²) in [4.78, 5) is 0. The zero-order valence-electron chi connectivity index (χ0n) is 11.7. The van der Waals surface area contributed by atoms with Gasteiger partial charge in [0.25, 0.3) is 0 Å². The van der Waals surface area contributed by atoms with Crippen molar-refractivity contribution in [2.24, 2.45) is 0 Å². The van der Waals surface area contributed by atoms with Crippen LogP contribution in [0.3, 0.4) is 0 Å². The van der Waals surface area contributed by atoms with Gasteiger partial charge in [0, 0.05) is 16.1 Å². The molecule has 21 heavy (non-hydrogen) atoms. The summed E-state index contributed by atoms with van der Waals surface area (Å²) in [7, 11) is 0. The van der Waals surface area contributed by atoms with Crippen LogP contribution in [-0.4, -0.2) is 10.7 Å². The second kappa shape index (κ2) is 7.50. The molecular weight excluding hydrogens is 435 g/mol. The Bertz CT molecular complexity index is 622. The molecule has 0 fully saturated rings. The lowest BCUT2D eigenvalue weighted by molar-refractivity contribution is 0.551. The first kappa shape index (κ1) is 17.3. The van der Waals surface area contributed by atoms with Crippen molar-refractivity contribution in [2.75, 3.05) is 10.7 Å². The van der Waals surface area contributed by atoms with Crippen LogP contribution < -0.4 is 0 Å². The van der Waals surface area contributed by atoms with Crippen LogP contribution >= 0.6 is 55.1 Å². The number of hydrogen-bond acceptors (Lipinski definition) is 0. The fourth-order valence-corrected chi connectivity index (χ4v) is 4.77. The van der Waals surface area contributed by atoms with Crippen LogP contribution in [0.25, 0.3) is 0 Å². The highest BCUT2D eigenvalue weighted by atomic mass is 79.9. The van der Waals surface area contributed by atoms with Gasteiger partial charge >= 0.3 is 0 Å². The normalized spacial score (nSPS) is 11.7. The highest BCUT2D eigenvalue weighted by Crippen LogP contribution is 2.36. The van der Waals surface area contributed by atoms with E-state index in [1.165, 1.54) is 11.1 Å². The van der Waals surface area contributed by atoms with Crippen molar-refractivity contribution in [3.63, 3.8) is 0 Å². The smallest absolute Gasteiger partial charge is 0.0624 e. The number of halogens is 4. The van der Waals surface area contributed by atoms with Crippen LogP contribution in [0.2, 0.25) is 10.0 Å². The van der Waals surface area contributed by atoms with Crippen molar-refractivity contribution in [3.05, 3.63) is 69.2 Å². The molecule has 2 rings (SSSR count). The molecule has 0 saturated heterocycles. The first-order valence-corrected chi connectivity index (χ1v) is 9.64. The van der Waals surface area contributed by atoms with Crippen molar-refractivity contribution in [1.82, 2.24) is 0 Å². The standard InChI is InChI=1S/C17H16Br2Cl2/c1-12-4-2-6-14(8-12)17(10-18,11-19)9-13-5-3-7-15(20)16(13)21/h2-8H,9-11H2,1H3. The fourth-order valence-electron chi connectivity index (χ4n) is 2.41. The highest BCUT2D eigenvalue weighted by molar-refractivity contribution is 9.09. The van der Waals surface area contributed by atoms with Crippen molar-refractivity contribution in [2.45, 2.75) is 18.8 Å². The molecule has 4 heteroatoms. The van der Waals surface area contributed by atoms with Gasteiger partial charge in [-0.25, -0.2) is 0 Å². The molecule has 0 atom stereocenters. The van der Waals surface area contributed by atoms with E-state index < -0.39 is 0 Å². The minimum absolute atomic E-state index is 0.0552. The summed E-state index contributed by atoms with van der Waals surface area (Å²) in [6.45, 7) is 2.11. The van der Waals surface area contributed by atoms with Gasteiger partial charge in [0.1, 0.15) is 0 Å². The molecule has 0 unspecified atom stereocenters. The third-order valence-electron chi connectivity index (χ3n) is 3.70. The SMILES string of the molecule is Cc1cccc(C(CBr)(CBr)Cc2cccc(Cl)c2Cl)c1. The van der Waals surface area contributed by atoms with E-state index in [2.05, 4.69) is 63.0 Å². The molecule has 2 aromatic carbocycles. The average molecular weight is 451 g/mol. The monoisotopic (exact) mass is 448 g/mol. The van der Waals surface area contributed by atoms with Gasteiger partial charge < -0.3 is 0 Å². The molecule has 0 saturated carbocycles. The molecule has 2 aromatic rings. The third kappa shape index (κ3) is 3.85.